The maximum Gasteiger partial charge on any atom is 0.359 e. The van der Waals surface area contributed by atoms with Crippen LogP contribution in [0.5, 0.6) is 0 Å². The second-order valence-electron chi connectivity index (χ2n) is 4.75. The monoisotopic (exact) mass is 239 g/mol. The Morgan fingerprint density at radius 2 is 2.24 bits per heavy atom. The Morgan fingerprint density at radius 1 is 1.59 bits per heavy atom. The molecule has 0 unspecified atom stereocenters. The van der Waals surface area contributed by atoms with Crippen molar-refractivity contribution in [3.05, 3.63) is 17.7 Å². The summed E-state index contributed by atoms with van der Waals surface area (Å²) in [7, 11) is 1.62. The van der Waals surface area contributed by atoms with Gasteiger partial charge in [-0.25, -0.2) is 9.78 Å². The average Bonchev–Trinajstić information content (AvgIpc) is 2.63. The van der Waals surface area contributed by atoms with Crippen LogP contribution in [0.3, 0.4) is 0 Å². The highest BCUT2D eigenvalue weighted by atomic mass is 16.6. The van der Waals surface area contributed by atoms with E-state index in [4.69, 9.17) is 4.74 Å². The number of nitrogens with one attached hydrogen (secondary N) is 1. The number of carbonyl (C=O) groups excluding carboxylic acids is 2. The van der Waals surface area contributed by atoms with E-state index in [1.54, 1.807) is 27.8 Å². The van der Waals surface area contributed by atoms with Gasteiger partial charge in [-0.05, 0) is 20.8 Å². The number of rotatable bonds is 4. The summed E-state index contributed by atoms with van der Waals surface area (Å²) in [6.45, 7) is 5.65. The molecule has 6 nitrogen and oxygen atoms in total. The minimum atomic E-state index is -0.566. The van der Waals surface area contributed by atoms with Crippen LogP contribution < -0.4 is 0 Å². The SMILES string of the molecule is CN(C=O)Cc1[nH]cnc1C(=O)OC(C)(C)C. The standard InChI is InChI=1S/C11H17N3O3/c1-11(2,3)17-10(16)9-8(12-6-13-9)5-14(4)7-15/h6-7H,5H2,1-4H3,(H,12,13). The summed E-state index contributed by atoms with van der Waals surface area (Å²) < 4.78 is 5.21. The van der Waals surface area contributed by atoms with E-state index >= 15 is 0 Å². The number of hydrogen-bond donors (Lipinski definition) is 1. The number of aromatic amines is 1. The molecular formula is C11H17N3O3. The van der Waals surface area contributed by atoms with Crippen molar-refractivity contribution >= 4 is 12.4 Å². The Bertz CT molecular complexity index is 406. The van der Waals surface area contributed by atoms with Crippen LogP contribution in [0.4, 0.5) is 0 Å². The Morgan fingerprint density at radius 3 is 2.76 bits per heavy atom. The molecule has 0 radical (unpaired) electrons. The van der Waals surface area contributed by atoms with Crippen LogP contribution >= 0.6 is 0 Å². The summed E-state index contributed by atoms with van der Waals surface area (Å²) in [5, 5.41) is 0. The van der Waals surface area contributed by atoms with E-state index in [9.17, 15) is 9.59 Å². The van der Waals surface area contributed by atoms with Gasteiger partial charge in [-0.2, -0.15) is 0 Å². The normalized spacial score (nSPS) is 11.1. The van der Waals surface area contributed by atoms with Crippen molar-refractivity contribution in [2.24, 2.45) is 0 Å². The Kier molecular flexibility index (Phi) is 3.88. The van der Waals surface area contributed by atoms with E-state index in [0.29, 0.717) is 12.1 Å². The zero-order valence-electron chi connectivity index (χ0n) is 10.5. The van der Waals surface area contributed by atoms with Gasteiger partial charge in [-0.3, -0.25) is 4.79 Å². The van der Waals surface area contributed by atoms with Gasteiger partial charge in [0.05, 0.1) is 18.6 Å². The van der Waals surface area contributed by atoms with E-state index in [-0.39, 0.29) is 12.2 Å². The molecule has 0 saturated heterocycles. The van der Waals surface area contributed by atoms with Gasteiger partial charge in [-0.15, -0.1) is 0 Å². The second kappa shape index (κ2) is 4.99. The van der Waals surface area contributed by atoms with Crippen molar-refractivity contribution in [3.63, 3.8) is 0 Å². The lowest BCUT2D eigenvalue weighted by atomic mass is 10.2. The topological polar surface area (TPSA) is 75.3 Å². The fourth-order valence-corrected chi connectivity index (χ4v) is 1.23. The van der Waals surface area contributed by atoms with Crippen LogP contribution in [0.1, 0.15) is 37.0 Å². The van der Waals surface area contributed by atoms with Crippen LogP contribution in [0, 0.1) is 0 Å². The van der Waals surface area contributed by atoms with E-state index in [1.165, 1.54) is 11.2 Å². The van der Waals surface area contributed by atoms with Crippen LogP contribution in [0.15, 0.2) is 6.33 Å². The maximum atomic E-state index is 11.8. The molecule has 94 valence electrons. The molecule has 0 spiro atoms. The third-order valence-corrected chi connectivity index (χ3v) is 1.90. The van der Waals surface area contributed by atoms with Gasteiger partial charge >= 0.3 is 5.97 Å². The number of hydrogen-bond acceptors (Lipinski definition) is 4. The number of aromatic nitrogens is 2. The highest BCUT2D eigenvalue weighted by molar-refractivity contribution is 5.88. The van der Waals surface area contributed by atoms with Crippen LogP contribution in [-0.4, -0.2) is 39.9 Å². The van der Waals surface area contributed by atoms with Crippen LogP contribution in [-0.2, 0) is 16.1 Å². The molecule has 6 heteroatoms. The van der Waals surface area contributed by atoms with E-state index in [2.05, 4.69) is 9.97 Å². The molecule has 0 aliphatic heterocycles. The largest absolute Gasteiger partial charge is 0.455 e. The average molecular weight is 239 g/mol. The zero-order valence-corrected chi connectivity index (χ0v) is 10.5. The van der Waals surface area contributed by atoms with E-state index < -0.39 is 11.6 Å². The summed E-state index contributed by atoms with van der Waals surface area (Å²) in [6.07, 6.45) is 2.09. The third-order valence-electron chi connectivity index (χ3n) is 1.90. The minimum absolute atomic E-state index is 0.216. The number of imidazole rings is 1. The Labute approximate surface area is 100.0 Å². The smallest absolute Gasteiger partial charge is 0.359 e. The first-order valence-electron chi connectivity index (χ1n) is 5.24. The van der Waals surface area contributed by atoms with Crippen molar-refractivity contribution in [3.8, 4) is 0 Å². The van der Waals surface area contributed by atoms with Gasteiger partial charge in [0.1, 0.15) is 5.60 Å². The summed E-state index contributed by atoms with van der Waals surface area (Å²) in [4.78, 5) is 30.5. The molecule has 1 rings (SSSR count). The number of esters is 1. The first-order valence-corrected chi connectivity index (χ1v) is 5.24. The summed E-state index contributed by atoms with van der Waals surface area (Å²) in [5.41, 5.74) is 0.214. The molecule has 1 N–H and O–H groups in total. The van der Waals surface area contributed by atoms with Crippen molar-refractivity contribution in [1.29, 1.82) is 0 Å². The molecule has 17 heavy (non-hydrogen) atoms. The molecule has 0 aliphatic rings. The van der Waals surface area contributed by atoms with E-state index in [1.807, 2.05) is 0 Å². The number of nitrogens with zero attached hydrogens (tertiary/aromatic N) is 2. The summed E-state index contributed by atoms with van der Waals surface area (Å²) in [6, 6.07) is 0. The minimum Gasteiger partial charge on any atom is -0.455 e. The Balaban J connectivity index is 2.81. The molecule has 1 heterocycles. The van der Waals surface area contributed by atoms with Gasteiger partial charge in [-0.1, -0.05) is 0 Å². The van der Waals surface area contributed by atoms with Crippen molar-refractivity contribution in [1.82, 2.24) is 14.9 Å². The molecule has 1 aromatic rings. The number of amides is 1. The molecule has 0 atom stereocenters. The third kappa shape index (κ3) is 3.90. The van der Waals surface area contributed by atoms with Gasteiger partial charge in [0.2, 0.25) is 6.41 Å². The quantitative estimate of drug-likeness (QED) is 0.627. The molecule has 1 aromatic heterocycles. The lowest BCUT2D eigenvalue weighted by Gasteiger charge is -2.19. The molecular weight excluding hydrogens is 222 g/mol. The molecule has 0 aromatic carbocycles. The molecule has 0 bridgehead atoms. The fraction of sp³-hybridized carbons (Fsp3) is 0.545. The molecule has 0 aliphatic carbocycles. The number of ether oxygens (including phenoxy) is 1. The van der Waals surface area contributed by atoms with Crippen molar-refractivity contribution in [2.45, 2.75) is 32.9 Å². The molecule has 1 amide bonds. The summed E-state index contributed by atoms with van der Waals surface area (Å²) >= 11 is 0. The van der Waals surface area contributed by atoms with Crippen LogP contribution in [0.2, 0.25) is 0 Å². The Hall–Kier alpha value is -1.85. The first kappa shape index (κ1) is 13.2. The molecule has 0 fully saturated rings. The fourth-order valence-electron chi connectivity index (χ4n) is 1.23. The van der Waals surface area contributed by atoms with E-state index in [0.717, 1.165) is 0 Å². The maximum absolute atomic E-state index is 11.8. The predicted octanol–water partition coefficient (Wildman–Crippen LogP) is 0.953. The van der Waals surface area contributed by atoms with Gasteiger partial charge in [0.15, 0.2) is 5.69 Å². The van der Waals surface area contributed by atoms with Crippen LogP contribution in [0.25, 0.3) is 0 Å². The highest BCUT2D eigenvalue weighted by Crippen LogP contribution is 2.13. The lowest BCUT2D eigenvalue weighted by Crippen LogP contribution is -2.25. The first-order chi connectivity index (χ1) is 7.83. The van der Waals surface area contributed by atoms with Gasteiger partial charge in [0, 0.05) is 7.05 Å². The highest BCUT2D eigenvalue weighted by Gasteiger charge is 2.22. The second-order valence-corrected chi connectivity index (χ2v) is 4.75. The van der Waals surface area contributed by atoms with Gasteiger partial charge in [0.25, 0.3) is 0 Å². The summed E-state index contributed by atoms with van der Waals surface area (Å²) in [5.74, 6) is -0.493. The molecule has 0 saturated carbocycles. The van der Waals surface area contributed by atoms with Crippen molar-refractivity contribution < 1.29 is 14.3 Å². The number of carbonyl (C=O) groups is 2. The zero-order chi connectivity index (χ0) is 13.1. The van der Waals surface area contributed by atoms with Crippen molar-refractivity contribution in [2.75, 3.05) is 7.05 Å². The predicted molar refractivity (Wildman–Crippen MR) is 61.3 cm³/mol. The lowest BCUT2D eigenvalue weighted by molar-refractivity contribution is -0.117. The van der Waals surface area contributed by atoms with Gasteiger partial charge < -0.3 is 14.6 Å². The number of H-pyrrole nitrogens is 1.